The first-order valence-corrected chi connectivity index (χ1v) is 4.02. The van der Waals surface area contributed by atoms with Crippen LogP contribution >= 0.6 is 0 Å². The van der Waals surface area contributed by atoms with Gasteiger partial charge >= 0.3 is 5.97 Å². The fourth-order valence-corrected chi connectivity index (χ4v) is 1.72. The van der Waals surface area contributed by atoms with Crippen molar-refractivity contribution in [2.75, 3.05) is 20.1 Å². The maximum absolute atomic E-state index is 10.7. The van der Waals surface area contributed by atoms with Crippen LogP contribution in [0.25, 0.3) is 0 Å². The van der Waals surface area contributed by atoms with E-state index in [2.05, 4.69) is 4.90 Å². The summed E-state index contributed by atoms with van der Waals surface area (Å²) in [5.41, 5.74) is 0. The number of piperidine rings is 1. The summed E-state index contributed by atoms with van der Waals surface area (Å²) in [5, 5.41) is 8.78. The Morgan fingerprint density at radius 3 is 2.58 bits per heavy atom. The molecule has 0 aromatic rings. The van der Waals surface area contributed by atoms with Crippen molar-refractivity contribution in [3.63, 3.8) is 0 Å². The highest BCUT2D eigenvalue weighted by Gasteiger charge is 2.29. The van der Waals surface area contributed by atoms with Crippen molar-refractivity contribution in [3.8, 4) is 0 Å². The van der Waals surface area contributed by atoms with Crippen molar-refractivity contribution in [3.05, 3.63) is 0 Å². The van der Waals surface area contributed by atoms with Gasteiger partial charge in [-0.25, -0.2) is 0 Å². The highest BCUT2D eigenvalue weighted by atomic mass is 16.4. The monoisotopic (exact) mass is 173 g/mol. The van der Waals surface area contributed by atoms with Gasteiger partial charge in [-0.3, -0.25) is 4.79 Å². The minimum atomic E-state index is -0.634. The number of carboxylic acid groups (broad SMARTS) is 1. The molecule has 0 aromatic heterocycles. The number of nitrogens with zero attached hydrogens (tertiary/aromatic N) is 1. The number of likely N-dealkylation sites (tertiary alicyclic amines) is 1. The summed E-state index contributed by atoms with van der Waals surface area (Å²) in [7, 11) is 2.04. The van der Waals surface area contributed by atoms with Crippen LogP contribution in [0.15, 0.2) is 0 Å². The molecule has 1 rings (SSSR count). The summed E-state index contributed by atoms with van der Waals surface area (Å²) < 4.78 is 0. The molecule has 0 amide bonds. The molecule has 1 aliphatic rings. The SMILES string of the molecule is C.C[C@H]1CN(C)CC[C@H]1C(=O)O. The third-order valence-electron chi connectivity index (χ3n) is 2.43. The molecule has 0 bridgehead atoms. The van der Waals surface area contributed by atoms with Crippen molar-refractivity contribution in [1.29, 1.82) is 0 Å². The first kappa shape index (κ1) is 11.4. The molecular weight excluding hydrogens is 154 g/mol. The molecule has 1 fully saturated rings. The van der Waals surface area contributed by atoms with Gasteiger partial charge in [-0.1, -0.05) is 14.4 Å². The summed E-state index contributed by atoms with van der Waals surface area (Å²) in [6, 6.07) is 0. The molecule has 1 aliphatic heterocycles. The Balaban J connectivity index is 0.00000121. The molecule has 0 unspecified atom stereocenters. The Labute approximate surface area is 74.4 Å². The quantitative estimate of drug-likeness (QED) is 0.649. The number of aliphatic carboxylic acids is 1. The lowest BCUT2D eigenvalue weighted by Gasteiger charge is -2.32. The van der Waals surface area contributed by atoms with Crippen molar-refractivity contribution in [2.45, 2.75) is 20.8 Å². The summed E-state index contributed by atoms with van der Waals surface area (Å²) in [4.78, 5) is 12.8. The van der Waals surface area contributed by atoms with E-state index in [0.717, 1.165) is 19.5 Å². The largest absolute Gasteiger partial charge is 0.481 e. The van der Waals surface area contributed by atoms with Crippen LogP contribution in [0.5, 0.6) is 0 Å². The van der Waals surface area contributed by atoms with Gasteiger partial charge in [-0.2, -0.15) is 0 Å². The Morgan fingerprint density at radius 2 is 2.17 bits per heavy atom. The number of rotatable bonds is 1. The highest BCUT2D eigenvalue weighted by molar-refractivity contribution is 5.70. The van der Waals surface area contributed by atoms with E-state index >= 15 is 0 Å². The summed E-state index contributed by atoms with van der Waals surface area (Å²) in [6.07, 6.45) is 0.799. The van der Waals surface area contributed by atoms with Gasteiger partial charge in [0.05, 0.1) is 5.92 Å². The van der Waals surface area contributed by atoms with Gasteiger partial charge < -0.3 is 10.0 Å². The Bertz CT molecular complexity index is 159. The van der Waals surface area contributed by atoms with E-state index in [1.54, 1.807) is 0 Å². The average Bonchev–Trinajstić information content (AvgIpc) is 1.85. The highest BCUT2D eigenvalue weighted by Crippen LogP contribution is 2.21. The standard InChI is InChI=1S/C8H15NO2.CH4/c1-6-5-9(2)4-3-7(6)8(10)11;/h6-7H,3-5H2,1-2H3,(H,10,11);1H4/t6-,7+;/m0./s1. The summed E-state index contributed by atoms with van der Waals surface area (Å²) >= 11 is 0. The second kappa shape index (κ2) is 4.45. The zero-order valence-electron chi connectivity index (χ0n) is 7.08. The Kier molecular flexibility index (Phi) is 4.24. The molecule has 0 saturated carbocycles. The number of carbonyl (C=O) groups is 1. The summed E-state index contributed by atoms with van der Waals surface area (Å²) in [6.45, 7) is 3.84. The van der Waals surface area contributed by atoms with E-state index in [1.807, 2.05) is 14.0 Å². The molecule has 1 N–H and O–H groups in total. The molecule has 0 aliphatic carbocycles. The molecule has 0 aromatic carbocycles. The Morgan fingerprint density at radius 1 is 1.58 bits per heavy atom. The van der Waals surface area contributed by atoms with Crippen molar-refractivity contribution in [1.82, 2.24) is 4.90 Å². The normalized spacial score (nSPS) is 30.8. The van der Waals surface area contributed by atoms with Gasteiger partial charge in [0, 0.05) is 6.54 Å². The van der Waals surface area contributed by atoms with Gasteiger partial charge in [-0.15, -0.1) is 0 Å². The maximum Gasteiger partial charge on any atom is 0.306 e. The molecule has 1 saturated heterocycles. The molecule has 3 heteroatoms. The second-order valence-corrected chi connectivity index (χ2v) is 3.47. The molecule has 72 valence electrons. The lowest BCUT2D eigenvalue weighted by atomic mass is 9.87. The fraction of sp³-hybridized carbons (Fsp3) is 0.889. The third-order valence-corrected chi connectivity index (χ3v) is 2.43. The summed E-state index contributed by atoms with van der Waals surface area (Å²) in [5.74, 6) is -0.456. The average molecular weight is 173 g/mol. The van der Waals surface area contributed by atoms with Gasteiger partial charge in [0.2, 0.25) is 0 Å². The number of hydrogen-bond donors (Lipinski definition) is 1. The van der Waals surface area contributed by atoms with Crippen LogP contribution in [0.1, 0.15) is 20.8 Å². The zero-order chi connectivity index (χ0) is 8.43. The van der Waals surface area contributed by atoms with E-state index in [1.165, 1.54) is 0 Å². The van der Waals surface area contributed by atoms with Crippen LogP contribution in [0, 0.1) is 11.8 Å². The van der Waals surface area contributed by atoms with E-state index in [-0.39, 0.29) is 13.3 Å². The fourth-order valence-electron chi connectivity index (χ4n) is 1.72. The number of carboxylic acids is 1. The molecule has 0 spiro atoms. The van der Waals surface area contributed by atoms with E-state index in [9.17, 15) is 4.79 Å². The van der Waals surface area contributed by atoms with Crippen molar-refractivity contribution < 1.29 is 9.90 Å². The van der Waals surface area contributed by atoms with E-state index < -0.39 is 5.97 Å². The predicted molar refractivity (Wildman–Crippen MR) is 49.1 cm³/mol. The lowest BCUT2D eigenvalue weighted by molar-refractivity contribution is -0.145. The van der Waals surface area contributed by atoms with Crippen LogP contribution in [0.2, 0.25) is 0 Å². The van der Waals surface area contributed by atoms with Crippen LogP contribution in [0.3, 0.4) is 0 Å². The minimum Gasteiger partial charge on any atom is -0.481 e. The van der Waals surface area contributed by atoms with E-state index in [4.69, 9.17) is 5.11 Å². The molecular formula is C9H19NO2. The molecule has 0 radical (unpaired) electrons. The Hall–Kier alpha value is -0.570. The third kappa shape index (κ3) is 2.48. The molecule has 2 atom stereocenters. The maximum atomic E-state index is 10.7. The van der Waals surface area contributed by atoms with Crippen LogP contribution in [0.4, 0.5) is 0 Å². The topological polar surface area (TPSA) is 40.5 Å². The molecule has 1 heterocycles. The van der Waals surface area contributed by atoms with Crippen LogP contribution in [-0.2, 0) is 4.79 Å². The first-order chi connectivity index (χ1) is 5.11. The van der Waals surface area contributed by atoms with Gasteiger partial charge in [-0.05, 0) is 25.9 Å². The van der Waals surface area contributed by atoms with Gasteiger partial charge in [0.1, 0.15) is 0 Å². The van der Waals surface area contributed by atoms with Crippen molar-refractivity contribution >= 4 is 5.97 Å². The van der Waals surface area contributed by atoms with E-state index in [0.29, 0.717) is 5.92 Å². The van der Waals surface area contributed by atoms with Gasteiger partial charge in [0.15, 0.2) is 0 Å². The van der Waals surface area contributed by atoms with Gasteiger partial charge in [0.25, 0.3) is 0 Å². The smallest absolute Gasteiger partial charge is 0.306 e. The minimum absolute atomic E-state index is 0. The van der Waals surface area contributed by atoms with Crippen LogP contribution < -0.4 is 0 Å². The number of hydrogen-bond acceptors (Lipinski definition) is 2. The predicted octanol–water partition coefficient (Wildman–Crippen LogP) is 1.29. The second-order valence-electron chi connectivity index (χ2n) is 3.47. The van der Waals surface area contributed by atoms with Crippen molar-refractivity contribution in [2.24, 2.45) is 11.8 Å². The molecule has 12 heavy (non-hydrogen) atoms. The zero-order valence-corrected chi connectivity index (χ0v) is 7.08. The first-order valence-electron chi connectivity index (χ1n) is 4.02. The van der Waals surface area contributed by atoms with Crippen LogP contribution in [-0.4, -0.2) is 36.1 Å². The lowest BCUT2D eigenvalue weighted by Crippen LogP contribution is -2.39. The molecule has 3 nitrogen and oxygen atoms in total.